The van der Waals surface area contributed by atoms with Gasteiger partial charge in [0.25, 0.3) is 0 Å². The highest BCUT2D eigenvalue weighted by molar-refractivity contribution is 5.58. The SMILES string of the molecule is Cc1ncncc1-c1cnc[nH]1. The van der Waals surface area contributed by atoms with Gasteiger partial charge in [0, 0.05) is 11.8 Å². The maximum Gasteiger partial charge on any atom is 0.115 e. The van der Waals surface area contributed by atoms with E-state index in [1.165, 1.54) is 6.33 Å². The average Bonchev–Trinajstić information content (AvgIpc) is 2.57. The van der Waals surface area contributed by atoms with Crippen LogP contribution >= 0.6 is 0 Å². The summed E-state index contributed by atoms with van der Waals surface area (Å²) in [7, 11) is 0. The Morgan fingerprint density at radius 1 is 1.25 bits per heavy atom. The predicted octanol–water partition coefficient (Wildman–Crippen LogP) is 1.18. The lowest BCUT2D eigenvalue weighted by atomic mass is 10.2. The molecule has 2 aromatic heterocycles. The number of H-pyrrole nitrogens is 1. The van der Waals surface area contributed by atoms with Crippen molar-refractivity contribution < 1.29 is 0 Å². The molecule has 0 aliphatic carbocycles. The molecule has 0 bridgehead atoms. The van der Waals surface area contributed by atoms with Gasteiger partial charge in [0.2, 0.25) is 0 Å². The number of hydrogen-bond donors (Lipinski definition) is 1. The summed E-state index contributed by atoms with van der Waals surface area (Å²) < 4.78 is 0. The third kappa shape index (κ3) is 1.07. The van der Waals surface area contributed by atoms with Gasteiger partial charge < -0.3 is 4.98 Å². The third-order valence-corrected chi connectivity index (χ3v) is 1.70. The van der Waals surface area contributed by atoms with Crippen LogP contribution in [0.3, 0.4) is 0 Å². The molecule has 0 spiro atoms. The molecule has 60 valence electrons. The van der Waals surface area contributed by atoms with Gasteiger partial charge >= 0.3 is 0 Å². The van der Waals surface area contributed by atoms with Crippen molar-refractivity contribution in [2.45, 2.75) is 6.92 Å². The Morgan fingerprint density at radius 3 is 2.83 bits per heavy atom. The van der Waals surface area contributed by atoms with Gasteiger partial charge in [-0.3, -0.25) is 0 Å². The van der Waals surface area contributed by atoms with Crippen molar-refractivity contribution >= 4 is 0 Å². The fraction of sp³-hybridized carbons (Fsp3) is 0.125. The first-order valence-electron chi connectivity index (χ1n) is 3.63. The maximum absolute atomic E-state index is 4.08. The van der Waals surface area contributed by atoms with E-state index in [9.17, 15) is 0 Å². The Kier molecular flexibility index (Phi) is 1.59. The van der Waals surface area contributed by atoms with E-state index in [-0.39, 0.29) is 0 Å². The second-order valence-electron chi connectivity index (χ2n) is 2.49. The zero-order chi connectivity index (χ0) is 8.39. The van der Waals surface area contributed by atoms with Gasteiger partial charge in [-0.2, -0.15) is 0 Å². The summed E-state index contributed by atoms with van der Waals surface area (Å²) in [6, 6.07) is 0. The second-order valence-corrected chi connectivity index (χ2v) is 2.49. The minimum Gasteiger partial charge on any atom is -0.345 e. The molecular weight excluding hydrogens is 152 g/mol. The number of aryl methyl sites for hydroxylation is 1. The monoisotopic (exact) mass is 160 g/mol. The molecule has 0 aromatic carbocycles. The van der Waals surface area contributed by atoms with Crippen LogP contribution in [0.15, 0.2) is 25.0 Å². The second kappa shape index (κ2) is 2.73. The largest absolute Gasteiger partial charge is 0.345 e. The molecule has 1 N–H and O–H groups in total. The van der Waals surface area contributed by atoms with Crippen LogP contribution in [-0.4, -0.2) is 19.9 Å². The minimum atomic E-state index is 0.952. The van der Waals surface area contributed by atoms with Crippen LogP contribution in [0.2, 0.25) is 0 Å². The molecule has 4 nitrogen and oxygen atoms in total. The van der Waals surface area contributed by atoms with Crippen molar-refractivity contribution in [3.63, 3.8) is 0 Å². The van der Waals surface area contributed by atoms with E-state index >= 15 is 0 Å². The predicted molar refractivity (Wildman–Crippen MR) is 44.4 cm³/mol. The molecule has 12 heavy (non-hydrogen) atoms. The Morgan fingerprint density at radius 2 is 2.17 bits per heavy atom. The highest BCUT2D eigenvalue weighted by Crippen LogP contribution is 2.16. The van der Waals surface area contributed by atoms with Crippen molar-refractivity contribution in [1.82, 2.24) is 19.9 Å². The van der Waals surface area contributed by atoms with E-state index in [4.69, 9.17) is 0 Å². The molecule has 2 heterocycles. The number of aromatic nitrogens is 4. The van der Waals surface area contributed by atoms with Crippen LogP contribution in [0.25, 0.3) is 11.3 Å². The van der Waals surface area contributed by atoms with Gasteiger partial charge in [0.1, 0.15) is 6.33 Å². The first-order valence-corrected chi connectivity index (χ1v) is 3.63. The Hall–Kier alpha value is -1.71. The number of nitrogens with one attached hydrogen (secondary N) is 1. The Labute approximate surface area is 69.7 Å². The molecule has 0 fully saturated rings. The fourth-order valence-electron chi connectivity index (χ4n) is 1.06. The Bertz CT molecular complexity index is 366. The van der Waals surface area contributed by atoms with Crippen molar-refractivity contribution in [3.05, 3.63) is 30.7 Å². The standard InChI is InChI=1S/C8H8N4/c1-6-7(2-9-4-11-6)8-3-10-5-12-8/h2-5H,1H3,(H,10,12). The fourth-order valence-corrected chi connectivity index (χ4v) is 1.06. The van der Waals surface area contributed by atoms with E-state index < -0.39 is 0 Å². The molecule has 0 saturated carbocycles. The van der Waals surface area contributed by atoms with Gasteiger partial charge in [-0.15, -0.1) is 0 Å². The van der Waals surface area contributed by atoms with Gasteiger partial charge in [-0.25, -0.2) is 15.0 Å². The summed E-state index contributed by atoms with van der Waals surface area (Å²) in [6.45, 7) is 1.94. The molecule has 2 aromatic rings. The lowest BCUT2D eigenvalue weighted by Gasteiger charge is -1.98. The smallest absolute Gasteiger partial charge is 0.115 e. The molecule has 4 heteroatoms. The molecule has 0 saturated heterocycles. The van der Waals surface area contributed by atoms with Crippen LogP contribution in [0.4, 0.5) is 0 Å². The van der Waals surface area contributed by atoms with Crippen molar-refractivity contribution in [2.75, 3.05) is 0 Å². The van der Waals surface area contributed by atoms with E-state index in [1.807, 2.05) is 6.92 Å². The number of hydrogen-bond acceptors (Lipinski definition) is 3. The maximum atomic E-state index is 4.08. The lowest BCUT2D eigenvalue weighted by molar-refractivity contribution is 1.10. The molecule has 0 amide bonds. The number of aromatic amines is 1. The van der Waals surface area contributed by atoms with E-state index in [2.05, 4.69) is 19.9 Å². The molecule has 0 aliphatic rings. The summed E-state index contributed by atoms with van der Waals surface area (Å²) in [5, 5.41) is 0. The molecule has 0 radical (unpaired) electrons. The summed E-state index contributed by atoms with van der Waals surface area (Å²) in [5.41, 5.74) is 2.90. The molecule has 2 rings (SSSR count). The summed E-state index contributed by atoms with van der Waals surface area (Å²) in [4.78, 5) is 15.0. The van der Waals surface area contributed by atoms with Crippen molar-refractivity contribution in [1.29, 1.82) is 0 Å². The van der Waals surface area contributed by atoms with Gasteiger partial charge in [-0.05, 0) is 6.92 Å². The zero-order valence-electron chi connectivity index (χ0n) is 6.65. The first kappa shape index (κ1) is 6.97. The van der Waals surface area contributed by atoms with Crippen molar-refractivity contribution in [2.24, 2.45) is 0 Å². The van der Waals surface area contributed by atoms with Crippen LogP contribution in [0, 0.1) is 6.92 Å². The van der Waals surface area contributed by atoms with Crippen LogP contribution in [0.5, 0.6) is 0 Å². The Balaban J connectivity index is 2.55. The highest BCUT2D eigenvalue weighted by atomic mass is 14.9. The first-order chi connectivity index (χ1) is 5.88. The average molecular weight is 160 g/mol. The van der Waals surface area contributed by atoms with E-state index in [0.29, 0.717) is 0 Å². The molecular formula is C8H8N4. The van der Waals surface area contributed by atoms with Crippen molar-refractivity contribution in [3.8, 4) is 11.3 Å². The van der Waals surface area contributed by atoms with E-state index in [0.717, 1.165) is 17.0 Å². The topological polar surface area (TPSA) is 54.5 Å². The van der Waals surface area contributed by atoms with Gasteiger partial charge in [0.05, 0.1) is 23.9 Å². The van der Waals surface area contributed by atoms with Gasteiger partial charge in [0.15, 0.2) is 0 Å². The summed E-state index contributed by atoms with van der Waals surface area (Å²) in [6.07, 6.45) is 6.71. The molecule has 0 aliphatic heterocycles. The van der Waals surface area contributed by atoms with Crippen LogP contribution in [0.1, 0.15) is 5.69 Å². The molecule has 0 atom stereocenters. The minimum absolute atomic E-state index is 0.952. The zero-order valence-corrected chi connectivity index (χ0v) is 6.65. The summed E-state index contributed by atoms with van der Waals surface area (Å²) in [5.74, 6) is 0. The summed E-state index contributed by atoms with van der Waals surface area (Å²) >= 11 is 0. The molecule has 0 unspecified atom stereocenters. The quantitative estimate of drug-likeness (QED) is 0.681. The number of imidazole rings is 1. The lowest BCUT2D eigenvalue weighted by Crippen LogP contribution is -1.88. The highest BCUT2D eigenvalue weighted by Gasteiger charge is 2.02. The number of nitrogens with zero attached hydrogens (tertiary/aromatic N) is 3. The van der Waals surface area contributed by atoms with Crippen LogP contribution in [-0.2, 0) is 0 Å². The normalized spacial score (nSPS) is 10.1. The third-order valence-electron chi connectivity index (χ3n) is 1.70. The van der Waals surface area contributed by atoms with Crippen LogP contribution < -0.4 is 0 Å². The van der Waals surface area contributed by atoms with Gasteiger partial charge in [-0.1, -0.05) is 0 Å². The van der Waals surface area contributed by atoms with E-state index in [1.54, 1.807) is 18.7 Å². The number of rotatable bonds is 1.